The number of carbonyl (C=O) groups is 2. The van der Waals surface area contributed by atoms with Crippen molar-refractivity contribution >= 4 is 23.6 Å². The standard InChI is InChI=1S/C23H28N2O2S/c26-22-10-5-2-6-16-25(22)17-7-15-24-23(27)20-13-11-19(12-14-20)18-28-21-8-3-1-4-9-21/h1,3-4,8-9,11-14H,2,5-7,10,15-18H2,(H,24,27). The highest BCUT2D eigenvalue weighted by molar-refractivity contribution is 7.98. The predicted octanol–water partition coefficient (Wildman–Crippen LogP) is 4.50. The summed E-state index contributed by atoms with van der Waals surface area (Å²) < 4.78 is 0. The minimum absolute atomic E-state index is 0.0514. The average molecular weight is 397 g/mol. The first-order chi connectivity index (χ1) is 13.7. The Bertz CT molecular complexity index is 762. The number of hydrogen-bond acceptors (Lipinski definition) is 3. The molecule has 28 heavy (non-hydrogen) atoms. The summed E-state index contributed by atoms with van der Waals surface area (Å²) in [6, 6.07) is 18.1. The van der Waals surface area contributed by atoms with Gasteiger partial charge >= 0.3 is 0 Å². The molecule has 5 heteroatoms. The van der Waals surface area contributed by atoms with E-state index in [-0.39, 0.29) is 11.8 Å². The van der Waals surface area contributed by atoms with Crippen LogP contribution in [0.2, 0.25) is 0 Å². The molecule has 0 bridgehead atoms. The van der Waals surface area contributed by atoms with Gasteiger partial charge in [-0.2, -0.15) is 0 Å². The lowest BCUT2D eigenvalue weighted by Gasteiger charge is -2.20. The monoisotopic (exact) mass is 396 g/mol. The first-order valence-corrected chi connectivity index (χ1v) is 11.0. The molecule has 1 saturated heterocycles. The Labute approximate surface area is 171 Å². The SMILES string of the molecule is O=C(NCCCN1CCCCCC1=O)c1ccc(CSc2ccccc2)cc1. The molecule has 3 rings (SSSR count). The Morgan fingerprint density at radius 3 is 2.57 bits per heavy atom. The number of likely N-dealkylation sites (tertiary alicyclic amines) is 1. The fraction of sp³-hybridized carbons (Fsp3) is 0.391. The third-order valence-corrected chi connectivity index (χ3v) is 6.01. The molecular formula is C23H28N2O2S. The van der Waals surface area contributed by atoms with E-state index in [1.165, 1.54) is 10.5 Å². The van der Waals surface area contributed by atoms with Crippen LogP contribution < -0.4 is 5.32 Å². The number of hydrogen-bond donors (Lipinski definition) is 1. The van der Waals surface area contributed by atoms with Crippen LogP contribution in [-0.4, -0.2) is 36.3 Å². The lowest BCUT2D eigenvalue weighted by atomic mass is 10.1. The number of nitrogens with zero attached hydrogens (tertiary/aromatic N) is 1. The minimum atomic E-state index is -0.0514. The Morgan fingerprint density at radius 2 is 1.79 bits per heavy atom. The Morgan fingerprint density at radius 1 is 1.00 bits per heavy atom. The molecule has 0 radical (unpaired) electrons. The Hall–Kier alpha value is -2.27. The van der Waals surface area contributed by atoms with E-state index in [1.807, 2.05) is 47.4 Å². The second kappa shape index (κ2) is 10.9. The zero-order valence-electron chi connectivity index (χ0n) is 16.2. The van der Waals surface area contributed by atoms with Crippen LogP contribution in [0.1, 0.15) is 48.0 Å². The molecule has 2 aromatic carbocycles. The van der Waals surface area contributed by atoms with Gasteiger partial charge in [-0.3, -0.25) is 9.59 Å². The van der Waals surface area contributed by atoms with Gasteiger partial charge < -0.3 is 10.2 Å². The molecule has 4 nitrogen and oxygen atoms in total. The van der Waals surface area contributed by atoms with Gasteiger partial charge in [0.25, 0.3) is 5.91 Å². The third kappa shape index (κ3) is 6.41. The van der Waals surface area contributed by atoms with Gasteiger partial charge in [-0.1, -0.05) is 36.8 Å². The number of thioether (sulfide) groups is 1. The van der Waals surface area contributed by atoms with Crippen LogP contribution in [0.25, 0.3) is 0 Å². The van der Waals surface area contributed by atoms with Gasteiger partial charge in [-0.25, -0.2) is 0 Å². The van der Waals surface area contributed by atoms with Crippen molar-refractivity contribution in [2.24, 2.45) is 0 Å². The third-order valence-electron chi connectivity index (χ3n) is 4.93. The van der Waals surface area contributed by atoms with Crippen LogP contribution in [0, 0.1) is 0 Å². The fourth-order valence-corrected chi connectivity index (χ4v) is 4.16. The molecular weight excluding hydrogens is 368 g/mol. The van der Waals surface area contributed by atoms with Crippen molar-refractivity contribution in [3.63, 3.8) is 0 Å². The number of amides is 2. The van der Waals surface area contributed by atoms with Gasteiger partial charge in [-0.05, 0) is 49.1 Å². The molecule has 0 spiro atoms. The van der Waals surface area contributed by atoms with E-state index in [9.17, 15) is 9.59 Å². The van der Waals surface area contributed by atoms with Crippen molar-refractivity contribution in [2.75, 3.05) is 19.6 Å². The van der Waals surface area contributed by atoms with Gasteiger partial charge in [0.1, 0.15) is 0 Å². The van der Waals surface area contributed by atoms with Gasteiger partial charge in [0, 0.05) is 42.3 Å². The second-order valence-corrected chi connectivity index (χ2v) is 8.15. The molecule has 1 aliphatic rings. The van der Waals surface area contributed by atoms with Crippen molar-refractivity contribution < 1.29 is 9.59 Å². The zero-order chi connectivity index (χ0) is 19.6. The van der Waals surface area contributed by atoms with Crippen LogP contribution in [0.15, 0.2) is 59.5 Å². The van der Waals surface area contributed by atoms with Gasteiger partial charge in [0.05, 0.1) is 0 Å². The maximum absolute atomic E-state index is 12.3. The summed E-state index contributed by atoms with van der Waals surface area (Å²) in [5.74, 6) is 1.09. The van der Waals surface area contributed by atoms with Crippen LogP contribution in [0.3, 0.4) is 0 Å². The van der Waals surface area contributed by atoms with Crippen LogP contribution in [0.5, 0.6) is 0 Å². The quantitative estimate of drug-likeness (QED) is 0.528. The number of carbonyl (C=O) groups excluding carboxylic acids is 2. The minimum Gasteiger partial charge on any atom is -0.352 e. The Kier molecular flexibility index (Phi) is 7.97. The first-order valence-electron chi connectivity index (χ1n) is 10.0. The first kappa shape index (κ1) is 20.5. The van der Waals surface area contributed by atoms with E-state index in [0.717, 1.165) is 44.5 Å². The van der Waals surface area contributed by atoms with Gasteiger partial charge in [-0.15, -0.1) is 11.8 Å². The largest absolute Gasteiger partial charge is 0.352 e. The summed E-state index contributed by atoms with van der Waals surface area (Å²) in [6.45, 7) is 2.18. The maximum atomic E-state index is 12.3. The molecule has 1 heterocycles. The van der Waals surface area contributed by atoms with E-state index in [2.05, 4.69) is 17.4 Å². The predicted molar refractivity (Wildman–Crippen MR) is 114 cm³/mol. The van der Waals surface area contributed by atoms with Crippen molar-refractivity contribution in [1.82, 2.24) is 10.2 Å². The lowest BCUT2D eigenvalue weighted by Crippen LogP contribution is -2.34. The average Bonchev–Trinajstić information content (AvgIpc) is 2.94. The highest BCUT2D eigenvalue weighted by Crippen LogP contribution is 2.22. The summed E-state index contributed by atoms with van der Waals surface area (Å²) in [6.07, 6.45) is 4.70. The van der Waals surface area contributed by atoms with E-state index in [0.29, 0.717) is 18.5 Å². The molecule has 0 saturated carbocycles. The molecule has 2 amide bonds. The fourth-order valence-electron chi connectivity index (χ4n) is 3.28. The summed E-state index contributed by atoms with van der Waals surface area (Å²) in [5.41, 5.74) is 1.88. The Balaban J connectivity index is 1.38. The van der Waals surface area contributed by atoms with Crippen molar-refractivity contribution in [1.29, 1.82) is 0 Å². The molecule has 0 atom stereocenters. The summed E-state index contributed by atoms with van der Waals surface area (Å²) in [4.78, 5) is 27.5. The van der Waals surface area contributed by atoms with Gasteiger partial charge in [0.2, 0.25) is 5.91 Å². The topological polar surface area (TPSA) is 49.4 Å². The number of nitrogens with one attached hydrogen (secondary N) is 1. The van der Waals surface area contributed by atoms with Crippen LogP contribution in [-0.2, 0) is 10.5 Å². The summed E-state index contributed by atoms with van der Waals surface area (Å²) in [7, 11) is 0. The molecule has 1 fully saturated rings. The van der Waals surface area contributed by atoms with E-state index < -0.39 is 0 Å². The van der Waals surface area contributed by atoms with Crippen LogP contribution in [0.4, 0.5) is 0 Å². The highest BCUT2D eigenvalue weighted by atomic mass is 32.2. The molecule has 148 valence electrons. The van der Waals surface area contributed by atoms with E-state index in [4.69, 9.17) is 0 Å². The summed E-state index contributed by atoms with van der Waals surface area (Å²) in [5, 5.41) is 2.96. The van der Waals surface area contributed by atoms with Crippen molar-refractivity contribution in [2.45, 2.75) is 42.8 Å². The van der Waals surface area contributed by atoms with E-state index in [1.54, 1.807) is 11.8 Å². The number of benzene rings is 2. The summed E-state index contributed by atoms with van der Waals surface area (Å²) >= 11 is 1.79. The maximum Gasteiger partial charge on any atom is 0.251 e. The molecule has 0 aliphatic carbocycles. The van der Waals surface area contributed by atoms with Crippen LogP contribution >= 0.6 is 11.8 Å². The molecule has 0 unspecified atom stereocenters. The molecule has 1 N–H and O–H groups in total. The highest BCUT2D eigenvalue weighted by Gasteiger charge is 2.15. The lowest BCUT2D eigenvalue weighted by molar-refractivity contribution is -0.130. The molecule has 1 aliphatic heterocycles. The van der Waals surface area contributed by atoms with Crippen molar-refractivity contribution in [3.8, 4) is 0 Å². The van der Waals surface area contributed by atoms with E-state index >= 15 is 0 Å². The normalized spacial score (nSPS) is 14.6. The zero-order valence-corrected chi connectivity index (χ0v) is 17.0. The van der Waals surface area contributed by atoms with Crippen molar-refractivity contribution in [3.05, 3.63) is 65.7 Å². The smallest absolute Gasteiger partial charge is 0.251 e. The molecule has 2 aromatic rings. The number of rotatable bonds is 8. The molecule has 0 aromatic heterocycles. The second-order valence-electron chi connectivity index (χ2n) is 7.10. The van der Waals surface area contributed by atoms with Gasteiger partial charge in [0.15, 0.2) is 0 Å².